The summed E-state index contributed by atoms with van der Waals surface area (Å²) in [7, 11) is 1.77. The van der Waals surface area contributed by atoms with E-state index in [0.717, 1.165) is 24.2 Å². The summed E-state index contributed by atoms with van der Waals surface area (Å²) in [6.07, 6.45) is 11.2. The van der Waals surface area contributed by atoms with Crippen LogP contribution in [0.3, 0.4) is 0 Å². The molecule has 0 spiro atoms. The van der Waals surface area contributed by atoms with Gasteiger partial charge >= 0.3 is 0 Å². The summed E-state index contributed by atoms with van der Waals surface area (Å²) in [6.45, 7) is 0.975. The average molecular weight is 300 g/mol. The lowest BCUT2D eigenvalue weighted by Crippen LogP contribution is -2.39. The summed E-state index contributed by atoms with van der Waals surface area (Å²) < 4.78 is 11.8. The lowest BCUT2D eigenvalue weighted by molar-refractivity contribution is -0.0682. The Morgan fingerprint density at radius 3 is 2.73 bits per heavy atom. The number of hydrogen-bond acceptors (Lipinski definition) is 2. The highest BCUT2D eigenvalue weighted by Gasteiger charge is 2.38. The normalized spacial score (nSPS) is 32.1. The van der Waals surface area contributed by atoms with E-state index in [4.69, 9.17) is 9.47 Å². The average Bonchev–Trinajstić information content (AvgIpc) is 2.61. The smallest absolute Gasteiger partial charge is 0.119 e. The molecule has 2 nitrogen and oxygen atoms in total. The van der Waals surface area contributed by atoms with Crippen molar-refractivity contribution in [2.75, 3.05) is 13.7 Å². The van der Waals surface area contributed by atoms with E-state index < -0.39 is 0 Å². The van der Waals surface area contributed by atoms with Gasteiger partial charge < -0.3 is 9.47 Å². The second-order valence-corrected chi connectivity index (χ2v) is 7.48. The van der Waals surface area contributed by atoms with Gasteiger partial charge in [-0.2, -0.15) is 0 Å². The van der Waals surface area contributed by atoms with Gasteiger partial charge in [0.1, 0.15) is 5.75 Å². The molecule has 0 unspecified atom stereocenters. The molecular weight excluding hydrogens is 272 g/mol. The summed E-state index contributed by atoms with van der Waals surface area (Å²) >= 11 is 0. The molecule has 22 heavy (non-hydrogen) atoms. The lowest BCUT2D eigenvalue weighted by atomic mass is 9.69. The van der Waals surface area contributed by atoms with Gasteiger partial charge in [-0.1, -0.05) is 25.3 Å². The quantitative estimate of drug-likeness (QED) is 0.787. The highest BCUT2D eigenvalue weighted by atomic mass is 16.5. The van der Waals surface area contributed by atoms with Crippen molar-refractivity contribution in [2.24, 2.45) is 11.8 Å². The van der Waals surface area contributed by atoms with Crippen molar-refractivity contribution in [3.63, 3.8) is 0 Å². The molecule has 4 rings (SSSR count). The molecule has 1 heterocycles. The standard InChI is InChI=1S/C20H28O2/c1-21-17-10-9-14-7-8-16-13-22-20(12-19(16)18(14)11-17)15-5-3-2-4-6-15/h9-11,15-16,19-20H,2-8,12-13H2,1H3/t16-,19-,20-/m0/s1. The van der Waals surface area contributed by atoms with E-state index in [-0.39, 0.29) is 0 Å². The van der Waals surface area contributed by atoms with Gasteiger partial charge in [-0.05, 0) is 73.1 Å². The first-order valence-electron chi connectivity index (χ1n) is 9.13. The Morgan fingerprint density at radius 2 is 1.91 bits per heavy atom. The summed E-state index contributed by atoms with van der Waals surface area (Å²) in [6, 6.07) is 6.71. The molecule has 2 fully saturated rings. The van der Waals surface area contributed by atoms with Crippen LogP contribution in [0.15, 0.2) is 18.2 Å². The number of benzene rings is 1. The minimum absolute atomic E-state index is 0.499. The number of methoxy groups -OCH3 is 1. The number of rotatable bonds is 2. The Balaban J connectivity index is 1.57. The number of aryl methyl sites for hydroxylation is 1. The fourth-order valence-electron chi connectivity index (χ4n) is 4.99. The molecule has 0 N–H and O–H groups in total. The predicted molar refractivity (Wildman–Crippen MR) is 88.5 cm³/mol. The van der Waals surface area contributed by atoms with Crippen LogP contribution >= 0.6 is 0 Å². The Hall–Kier alpha value is -1.02. The zero-order valence-electron chi connectivity index (χ0n) is 13.7. The minimum Gasteiger partial charge on any atom is -0.497 e. The molecule has 120 valence electrons. The first-order valence-corrected chi connectivity index (χ1v) is 9.13. The monoisotopic (exact) mass is 300 g/mol. The minimum atomic E-state index is 0.499. The van der Waals surface area contributed by atoms with Crippen LogP contribution in [0.25, 0.3) is 0 Å². The third-order valence-electron chi connectivity index (χ3n) is 6.29. The number of ether oxygens (including phenoxy) is 2. The van der Waals surface area contributed by atoms with E-state index in [1.807, 2.05) is 0 Å². The molecule has 1 aliphatic heterocycles. The molecule has 3 atom stereocenters. The fraction of sp³-hybridized carbons (Fsp3) is 0.700. The first kappa shape index (κ1) is 14.6. The maximum atomic E-state index is 6.33. The zero-order valence-corrected chi connectivity index (χ0v) is 13.7. The molecule has 0 radical (unpaired) electrons. The van der Waals surface area contributed by atoms with Gasteiger partial charge in [-0.3, -0.25) is 0 Å². The largest absolute Gasteiger partial charge is 0.497 e. The Kier molecular flexibility index (Phi) is 4.13. The Labute approximate surface area is 134 Å². The van der Waals surface area contributed by atoms with Crippen LogP contribution in [0.5, 0.6) is 5.75 Å². The molecule has 1 saturated carbocycles. The Morgan fingerprint density at radius 1 is 1.05 bits per heavy atom. The van der Waals surface area contributed by atoms with Crippen molar-refractivity contribution in [1.82, 2.24) is 0 Å². The molecule has 3 aliphatic rings. The molecule has 2 aliphatic carbocycles. The van der Waals surface area contributed by atoms with Gasteiger partial charge in [-0.15, -0.1) is 0 Å². The van der Waals surface area contributed by atoms with Crippen molar-refractivity contribution in [3.8, 4) is 5.75 Å². The molecule has 0 amide bonds. The zero-order chi connectivity index (χ0) is 14.9. The summed E-state index contributed by atoms with van der Waals surface area (Å²) in [5.74, 6) is 3.24. The second-order valence-electron chi connectivity index (χ2n) is 7.48. The summed E-state index contributed by atoms with van der Waals surface area (Å²) in [5.41, 5.74) is 3.10. The predicted octanol–water partition coefficient (Wildman–Crippen LogP) is 4.71. The van der Waals surface area contributed by atoms with E-state index in [2.05, 4.69) is 18.2 Å². The van der Waals surface area contributed by atoms with Crippen molar-refractivity contribution in [3.05, 3.63) is 29.3 Å². The van der Waals surface area contributed by atoms with Crippen LogP contribution in [0.2, 0.25) is 0 Å². The SMILES string of the molecule is COc1ccc2c(c1)[C@H]1C[C@@H](C3CCCCC3)OC[C@@H]1CC2. The number of hydrogen-bond donors (Lipinski definition) is 0. The van der Waals surface area contributed by atoms with E-state index in [1.165, 1.54) is 51.4 Å². The van der Waals surface area contributed by atoms with Crippen molar-refractivity contribution in [1.29, 1.82) is 0 Å². The van der Waals surface area contributed by atoms with Crippen molar-refractivity contribution >= 4 is 0 Å². The van der Waals surface area contributed by atoms with Gasteiger partial charge in [0.05, 0.1) is 19.8 Å². The van der Waals surface area contributed by atoms with E-state index >= 15 is 0 Å². The van der Waals surface area contributed by atoms with Crippen LogP contribution in [0.1, 0.15) is 62.0 Å². The first-order chi connectivity index (χ1) is 10.8. The van der Waals surface area contributed by atoms with Crippen LogP contribution in [0.4, 0.5) is 0 Å². The molecule has 0 bridgehead atoms. The van der Waals surface area contributed by atoms with Crippen LogP contribution in [0, 0.1) is 11.8 Å². The van der Waals surface area contributed by atoms with Gasteiger partial charge in [0, 0.05) is 0 Å². The lowest BCUT2D eigenvalue weighted by Gasteiger charge is -2.43. The second kappa shape index (κ2) is 6.23. The highest BCUT2D eigenvalue weighted by Crippen LogP contribution is 2.46. The topological polar surface area (TPSA) is 18.5 Å². The van der Waals surface area contributed by atoms with Crippen LogP contribution in [-0.4, -0.2) is 19.8 Å². The fourth-order valence-corrected chi connectivity index (χ4v) is 4.99. The van der Waals surface area contributed by atoms with Crippen molar-refractivity contribution in [2.45, 2.75) is 63.4 Å². The molecule has 2 heteroatoms. The van der Waals surface area contributed by atoms with Crippen LogP contribution < -0.4 is 4.74 Å². The van der Waals surface area contributed by atoms with Gasteiger partial charge in [-0.25, -0.2) is 0 Å². The van der Waals surface area contributed by atoms with E-state index in [9.17, 15) is 0 Å². The number of fused-ring (bicyclic) bond motifs is 3. The van der Waals surface area contributed by atoms with Gasteiger partial charge in [0.25, 0.3) is 0 Å². The molecule has 0 aromatic heterocycles. The molecule has 1 saturated heterocycles. The maximum Gasteiger partial charge on any atom is 0.119 e. The molecule has 1 aromatic rings. The highest BCUT2D eigenvalue weighted by molar-refractivity contribution is 5.40. The third kappa shape index (κ3) is 2.67. The van der Waals surface area contributed by atoms with Gasteiger partial charge in [0.15, 0.2) is 0 Å². The Bertz CT molecular complexity index is 518. The van der Waals surface area contributed by atoms with E-state index in [1.54, 1.807) is 18.2 Å². The van der Waals surface area contributed by atoms with E-state index in [0.29, 0.717) is 12.0 Å². The molecular formula is C20H28O2. The van der Waals surface area contributed by atoms with Crippen molar-refractivity contribution < 1.29 is 9.47 Å². The molecule has 1 aromatic carbocycles. The summed E-state index contributed by atoms with van der Waals surface area (Å²) in [5, 5.41) is 0. The van der Waals surface area contributed by atoms with Gasteiger partial charge in [0.2, 0.25) is 0 Å². The van der Waals surface area contributed by atoms with Crippen LogP contribution in [-0.2, 0) is 11.2 Å². The summed E-state index contributed by atoms with van der Waals surface area (Å²) in [4.78, 5) is 0. The third-order valence-corrected chi connectivity index (χ3v) is 6.29. The maximum absolute atomic E-state index is 6.33.